The Balaban J connectivity index is 1.86. The summed E-state index contributed by atoms with van der Waals surface area (Å²) in [5, 5.41) is 2.93. The van der Waals surface area contributed by atoms with Crippen LogP contribution in [0, 0.1) is 0 Å². The second kappa shape index (κ2) is 6.35. The van der Waals surface area contributed by atoms with Gasteiger partial charge in [0.2, 0.25) is 0 Å². The van der Waals surface area contributed by atoms with Gasteiger partial charge in [-0.05, 0) is 44.9 Å². The Kier molecular flexibility index (Phi) is 4.73. The number of anilines is 1. The molecule has 1 aromatic carbocycles. The molecule has 0 aliphatic carbocycles. The largest absolute Gasteiger partial charge is 0.444 e. The summed E-state index contributed by atoms with van der Waals surface area (Å²) < 4.78 is 5.29. The monoisotopic (exact) mass is 291 g/mol. The minimum atomic E-state index is -0.458. The van der Waals surface area contributed by atoms with Gasteiger partial charge in [-0.2, -0.15) is 0 Å². The number of carbonyl (C=O) groups is 1. The van der Waals surface area contributed by atoms with Crippen LogP contribution in [0.15, 0.2) is 24.3 Å². The number of nitrogens with two attached hydrogens (primary N) is 1. The first-order chi connectivity index (χ1) is 9.87. The van der Waals surface area contributed by atoms with E-state index in [4.69, 9.17) is 10.5 Å². The van der Waals surface area contributed by atoms with Crippen molar-refractivity contribution in [2.45, 2.75) is 45.4 Å². The van der Waals surface area contributed by atoms with Crippen molar-refractivity contribution in [3.05, 3.63) is 29.8 Å². The minimum absolute atomic E-state index is 0.133. The number of nitrogens with one attached hydrogen (secondary N) is 1. The molecule has 1 aliphatic rings. The fourth-order valence-corrected chi connectivity index (χ4v) is 2.43. The molecule has 1 aromatic rings. The van der Waals surface area contributed by atoms with Gasteiger partial charge in [0.15, 0.2) is 0 Å². The molecule has 0 spiro atoms. The summed E-state index contributed by atoms with van der Waals surface area (Å²) in [4.78, 5) is 14.0. The first-order valence-corrected chi connectivity index (χ1v) is 7.41. The quantitative estimate of drug-likeness (QED) is 0.896. The lowest BCUT2D eigenvalue weighted by Crippen LogP contribution is -2.40. The molecule has 1 heterocycles. The van der Waals surface area contributed by atoms with E-state index in [9.17, 15) is 4.79 Å². The second-order valence-electron chi connectivity index (χ2n) is 6.45. The Hall–Kier alpha value is -1.75. The standard InChI is InChI=1S/C16H25N3O2/c1-16(2,3)21-15(20)18-13-8-9-19(11-13)14-6-4-12(10-17)5-7-14/h4-7,13H,8-11,17H2,1-3H3,(H,18,20)/t13-/m1/s1. The molecular formula is C16H25N3O2. The number of amides is 1. The molecule has 0 bridgehead atoms. The Labute approximate surface area is 126 Å². The van der Waals surface area contributed by atoms with Gasteiger partial charge in [0.1, 0.15) is 5.60 Å². The van der Waals surface area contributed by atoms with Crippen molar-refractivity contribution in [3.63, 3.8) is 0 Å². The molecule has 3 N–H and O–H groups in total. The smallest absolute Gasteiger partial charge is 0.407 e. The molecule has 116 valence electrons. The molecule has 1 fully saturated rings. The molecule has 1 amide bonds. The number of hydrogen-bond acceptors (Lipinski definition) is 4. The van der Waals surface area contributed by atoms with E-state index in [0.29, 0.717) is 6.54 Å². The highest BCUT2D eigenvalue weighted by Gasteiger charge is 2.26. The number of ether oxygens (including phenoxy) is 1. The van der Waals surface area contributed by atoms with Crippen LogP contribution in [0.2, 0.25) is 0 Å². The topological polar surface area (TPSA) is 67.6 Å². The van der Waals surface area contributed by atoms with Gasteiger partial charge < -0.3 is 20.7 Å². The summed E-state index contributed by atoms with van der Waals surface area (Å²) in [6.45, 7) is 7.90. The zero-order chi connectivity index (χ0) is 15.5. The summed E-state index contributed by atoms with van der Waals surface area (Å²) in [5.41, 5.74) is 7.44. The number of benzene rings is 1. The van der Waals surface area contributed by atoms with E-state index < -0.39 is 5.60 Å². The van der Waals surface area contributed by atoms with Gasteiger partial charge in [-0.25, -0.2) is 4.79 Å². The maximum Gasteiger partial charge on any atom is 0.407 e. The van der Waals surface area contributed by atoms with E-state index in [0.717, 1.165) is 25.1 Å². The molecule has 5 heteroatoms. The van der Waals surface area contributed by atoms with Gasteiger partial charge >= 0.3 is 6.09 Å². The van der Waals surface area contributed by atoms with Crippen molar-refractivity contribution < 1.29 is 9.53 Å². The van der Waals surface area contributed by atoms with Crippen molar-refractivity contribution in [3.8, 4) is 0 Å². The highest BCUT2D eigenvalue weighted by molar-refractivity contribution is 5.68. The molecule has 0 radical (unpaired) electrons. The summed E-state index contributed by atoms with van der Waals surface area (Å²) >= 11 is 0. The lowest BCUT2D eigenvalue weighted by molar-refractivity contribution is 0.0509. The van der Waals surface area contributed by atoms with Gasteiger partial charge in [0.05, 0.1) is 6.04 Å². The maximum atomic E-state index is 11.8. The van der Waals surface area contributed by atoms with Crippen LogP contribution in [0.1, 0.15) is 32.8 Å². The second-order valence-corrected chi connectivity index (χ2v) is 6.45. The molecule has 5 nitrogen and oxygen atoms in total. The number of rotatable bonds is 3. The predicted octanol–water partition coefficient (Wildman–Crippen LogP) is 2.25. The fraction of sp³-hybridized carbons (Fsp3) is 0.562. The molecule has 1 atom stereocenters. The van der Waals surface area contributed by atoms with E-state index >= 15 is 0 Å². The third-order valence-corrected chi connectivity index (χ3v) is 3.45. The SMILES string of the molecule is CC(C)(C)OC(=O)N[C@@H]1CCN(c2ccc(CN)cc2)C1. The van der Waals surface area contributed by atoms with E-state index in [1.807, 2.05) is 32.9 Å². The Bertz CT molecular complexity index is 479. The van der Waals surface area contributed by atoms with Crippen molar-refractivity contribution >= 4 is 11.8 Å². The molecular weight excluding hydrogens is 266 g/mol. The average Bonchev–Trinajstić information content (AvgIpc) is 2.85. The predicted molar refractivity (Wildman–Crippen MR) is 84.3 cm³/mol. The summed E-state index contributed by atoms with van der Waals surface area (Å²) in [6.07, 6.45) is 0.588. The molecule has 1 saturated heterocycles. The maximum absolute atomic E-state index is 11.8. The highest BCUT2D eigenvalue weighted by atomic mass is 16.6. The van der Waals surface area contributed by atoms with E-state index in [2.05, 4.69) is 22.3 Å². The van der Waals surface area contributed by atoms with Crippen molar-refractivity contribution in [2.75, 3.05) is 18.0 Å². The van der Waals surface area contributed by atoms with Crippen molar-refractivity contribution in [2.24, 2.45) is 5.73 Å². The van der Waals surface area contributed by atoms with Gasteiger partial charge in [0.25, 0.3) is 0 Å². The molecule has 0 aromatic heterocycles. The van der Waals surface area contributed by atoms with Crippen LogP contribution in [-0.4, -0.2) is 30.8 Å². The first kappa shape index (κ1) is 15.6. The molecule has 1 aliphatic heterocycles. The molecule has 0 saturated carbocycles. The fourth-order valence-electron chi connectivity index (χ4n) is 2.43. The number of carbonyl (C=O) groups excluding carboxylic acids is 1. The summed E-state index contributed by atoms with van der Waals surface area (Å²) in [7, 11) is 0. The normalized spacial score (nSPS) is 18.7. The minimum Gasteiger partial charge on any atom is -0.444 e. The van der Waals surface area contributed by atoms with Gasteiger partial charge in [-0.1, -0.05) is 12.1 Å². The number of nitrogens with zero attached hydrogens (tertiary/aromatic N) is 1. The Morgan fingerprint density at radius 2 is 2.05 bits per heavy atom. The van der Waals surface area contributed by atoms with Gasteiger partial charge in [-0.3, -0.25) is 0 Å². The third kappa shape index (κ3) is 4.63. The van der Waals surface area contributed by atoms with E-state index in [1.54, 1.807) is 0 Å². The van der Waals surface area contributed by atoms with Crippen LogP contribution in [0.4, 0.5) is 10.5 Å². The first-order valence-electron chi connectivity index (χ1n) is 7.41. The van der Waals surface area contributed by atoms with Gasteiger partial charge in [-0.15, -0.1) is 0 Å². The van der Waals surface area contributed by atoms with Crippen LogP contribution in [0.5, 0.6) is 0 Å². The number of alkyl carbamates (subject to hydrolysis) is 1. The Morgan fingerprint density at radius 1 is 1.38 bits per heavy atom. The zero-order valence-electron chi connectivity index (χ0n) is 13.1. The summed E-state index contributed by atoms with van der Waals surface area (Å²) in [5.74, 6) is 0. The summed E-state index contributed by atoms with van der Waals surface area (Å²) in [6, 6.07) is 8.39. The van der Waals surface area contributed by atoms with Crippen LogP contribution < -0.4 is 16.0 Å². The average molecular weight is 291 g/mol. The molecule has 2 rings (SSSR count). The van der Waals surface area contributed by atoms with Crippen LogP contribution in [-0.2, 0) is 11.3 Å². The van der Waals surface area contributed by atoms with Crippen molar-refractivity contribution in [1.29, 1.82) is 0 Å². The molecule has 0 unspecified atom stereocenters. The zero-order valence-corrected chi connectivity index (χ0v) is 13.1. The van der Waals surface area contributed by atoms with Crippen LogP contribution in [0.25, 0.3) is 0 Å². The van der Waals surface area contributed by atoms with E-state index in [1.165, 1.54) is 5.69 Å². The van der Waals surface area contributed by atoms with Gasteiger partial charge in [0, 0.05) is 25.3 Å². The van der Waals surface area contributed by atoms with Crippen molar-refractivity contribution in [1.82, 2.24) is 5.32 Å². The van der Waals surface area contributed by atoms with Crippen LogP contribution >= 0.6 is 0 Å². The lowest BCUT2D eigenvalue weighted by atomic mass is 10.2. The lowest BCUT2D eigenvalue weighted by Gasteiger charge is -2.22. The van der Waals surface area contributed by atoms with E-state index in [-0.39, 0.29) is 12.1 Å². The highest BCUT2D eigenvalue weighted by Crippen LogP contribution is 2.21. The number of hydrogen-bond donors (Lipinski definition) is 2. The molecule has 21 heavy (non-hydrogen) atoms. The Morgan fingerprint density at radius 3 is 2.62 bits per heavy atom. The third-order valence-electron chi connectivity index (χ3n) is 3.45. The van der Waals surface area contributed by atoms with Crippen LogP contribution in [0.3, 0.4) is 0 Å².